The molecule has 86 valence electrons. The number of nitrogens with one attached hydrogen (secondary N) is 1. The van der Waals surface area contributed by atoms with Crippen LogP contribution >= 0.6 is 0 Å². The van der Waals surface area contributed by atoms with Crippen LogP contribution < -0.4 is 5.32 Å². The molecule has 0 heterocycles. The first-order valence-electron chi connectivity index (χ1n) is 5.43. The van der Waals surface area contributed by atoms with E-state index in [1.165, 1.54) is 0 Å². The zero-order valence-electron chi connectivity index (χ0n) is 9.54. The Labute approximate surface area is 88.2 Å². The molecule has 0 aliphatic carbocycles. The lowest BCUT2D eigenvalue weighted by Crippen LogP contribution is -2.20. The van der Waals surface area contributed by atoms with Gasteiger partial charge in [-0.15, -0.1) is 0 Å². The predicted molar refractivity (Wildman–Crippen MR) is 61.3 cm³/mol. The normalized spacial score (nSPS) is 12.3. The second kappa shape index (κ2) is 7.23. The minimum atomic E-state index is -2.82. The summed E-state index contributed by atoms with van der Waals surface area (Å²) < 4.78 is 22.8. The van der Waals surface area contributed by atoms with Crippen molar-refractivity contribution >= 4 is 9.84 Å². The highest BCUT2D eigenvalue weighted by atomic mass is 32.2. The smallest absolute Gasteiger partial charge is 0.152 e. The van der Waals surface area contributed by atoms with Crippen LogP contribution in [0.25, 0.3) is 0 Å². The molecule has 0 amide bonds. The lowest BCUT2D eigenvalue weighted by molar-refractivity contribution is 0.578. The monoisotopic (exact) mass is 221 g/mol. The van der Waals surface area contributed by atoms with Crippen molar-refractivity contribution in [1.82, 2.24) is 5.32 Å². The van der Waals surface area contributed by atoms with E-state index in [1.807, 2.05) is 0 Å². The van der Waals surface area contributed by atoms with Crippen LogP contribution in [0.3, 0.4) is 0 Å². The van der Waals surface area contributed by atoms with Gasteiger partial charge >= 0.3 is 0 Å². The molecule has 0 saturated heterocycles. The molecule has 0 aliphatic heterocycles. The third kappa shape index (κ3) is 6.38. The lowest BCUT2D eigenvalue weighted by Gasteiger charge is -2.07. The molecule has 0 aromatic heterocycles. The van der Waals surface area contributed by atoms with E-state index in [0.29, 0.717) is 5.75 Å². The van der Waals surface area contributed by atoms with Crippen molar-refractivity contribution in [3.8, 4) is 0 Å². The molecule has 14 heavy (non-hydrogen) atoms. The van der Waals surface area contributed by atoms with E-state index in [1.54, 1.807) is 13.8 Å². The first kappa shape index (κ1) is 13.9. The topological polar surface area (TPSA) is 46.2 Å². The third-order valence-corrected chi connectivity index (χ3v) is 4.47. The number of hydrogen-bond acceptors (Lipinski definition) is 3. The van der Waals surface area contributed by atoms with E-state index in [9.17, 15) is 8.42 Å². The predicted octanol–water partition coefficient (Wildman–Crippen LogP) is 1.59. The van der Waals surface area contributed by atoms with E-state index < -0.39 is 9.84 Å². The van der Waals surface area contributed by atoms with Gasteiger partial charge in [-0.2, -0.15) is 0 Å². The van der Waals surface area contributed by atoms with E-state index in [2.05, 4.69) is 12.2 Å². The summed E-state index contributed by atoms with van der Waals surface area (Å²) in [5.41, 5.74) is 0. The molecular formula is C10H23NO2S. The zero-order chi connectivity index (χ0) is 11.0. The van der Waals surface area contributed by atoms with Gasteiger partial charge in [-0.25, -0.2) is 8.42 Å². The van der Waals surface area contributed by atoms with Crippen molar-refractivity contribution in [1.29, 1.82) is 0 Å². The van der Waals surface area contributed by atoms with Crippen LogP contribution in [0.4, 0.5) is 0 Å². The Hall–Kier alpha value is -0.0900. The van der Waals surface area contributed by atoms with Gasteiger partial charge in [0.2, 0.25) is 0 Å². The van der Waals surface area contributed by atoms with Crippen molar-refractivity contribution < 1.29 is 8.42 Å². The second-order valence-electron chi connectivity index (χ2n) is 3.87. The van der Waals surface area contributed by atoms with Gasteiger partial charge in [-0.3, -0.25) is 0 Å². The summed E-state index contributed by atoms with van der Waals surface area (Å²) in [4.78, 5) is 0. The molecule has 0 aromatic rings. The highest BCUT2D eigenvalue weighted by molar-refractivity contribution is 7.91. The summed E-state index contributed by atoms with van der Waals surface area (Å²) in [6, 6.07) is 0. The van der Waals surface area contributed by atoms with Gasteiger partial charge in [-0.05, 0) is 46.2 Å². The minimum Gasteiger partial charge on any atom is -0.317 e. The number of unbranched alkanes of at least 4 members (excludes halogenated alkanes) is 1. The number of hydrogen-bond donors (Lipinski definition) is 1. The van der Waals surface area contributed by atoms with Crippen molar-refractivity contribution in [3.05, 3.63) is 0 Å². The molecule has 3 nitrogen and oxygen atoms in total. The first-order valence-corrected chi connectivity index (χ1v) is 7.14. The maximum Gasteiger partial charge on any atom is 0.152 e. The van der Waals surface area contributed by atoms with Crippen LogP contribution in [0.1, 0.15) is 40.0 Å². The minimum absolute atomic E-state index is 0.230. The van der Waals surface area contributed by atoms with E-state index >= 15 is 0 Å². The molecule has 4 heteroatoms. The van der Waals surface area contributed by atoms with E-state index in [0.717, 1.165) is 32.4 Å². The Morgan fingerprint density at radius 2 is 1.79 bits per heavy atom. The molecule has 0 atom stereocenters. The summed E-state index contributed by atoms with van der Waals surface area (Å²) >= 11 is 0. The molecule has 0 unspecified atom stereocenters. The molecule has 1 N–H and O–H groups in total. The molecular weight excluding hydrogens is 198 g/mol. The van der Waals surface area contributed by atoms with Gasteiger partial charge in [0.15, 0.2) is 9.84 Å². The largest absolute Gasteiger partial charge is 0.317 e. The fraction of sp³-hybridized carbons (Fsp3) is 1.00. The molecule has 0 saturated carbocycles. The molecule has 0 aliphatic rings. The van der Waals surface area contributed by atoms with Crippen LogP contribution in [0.5, 0.6) is 0 Å². The van der Waals surface area contributed by atoms with Gasteiger partial charge < -0.3 is 5.32 Å². The van der Waals surface area contributed by atoms with Crippen LogP contribution in [-0.2, 0) is 9.84 Å². The molecule has 0 fully saturated rings. The molecule has 0 radical (unpaired) electrons. The second-order valence-corrected chi connectivity index (χ2v) is 6.55. The Kier molecular flexibility index (Phi) is 7.19. The number of rotatable bonds is 8. The maximum absolute atomic E-state index is 11.4. The molecule has 0 spiro atoms. The van der Waals surface area contributed by atoms with Crippen LogP contribution in [0.15, 0.2) is 0 Å². The molecule has 0 rings (SSSR count). The summed E-state index contributed by atoms with van der Waals surface area (Å²) in [6.07, 6.45) is 2.85. The van der Waals surface area contributed by atoms with Gasteiger partial charge in [0.25, 0.3) is 0 Å². The summed E-state index contributed by atoms with van der Waals surface area (Å²) in [7, 11) is -2.82. The van der Waals surface area contributed by atoms with Gasteiger partial charge in [-0.1, -0.05) is 6.92 Å². The zero-order valence-corrected chi connectivity index (χ0v) is 10.4. The Morgan fingerprint density at radius 3 is 2.29 bits per heavy atom. The third-order valence-electron chi connectivity index (χ3n) is 2.18. The van der Waals surface area contributed by atoms with E-state index in [4.69, 9.17) is 0 Å². The van der Waals surface area contributed by atoms with Crippen LogP contribution in [0, 0.1) is 0 Å². The van der Waals surface area contributed by atoms with Crippen molar-refractivity contribution in [2.75, 3.05) is 18.8 Å². The van der Waals surface area contributed by atoms with Crippen molar-refractivity contribution in [2.45, 2.75) is 45.3 Å². The summed E-state index contributed by atoms with van der Waals surface area (Å²) in [5, 5.41) is 3.03. The Balaban J connectivity index is 3.46. The highest BCUT2D eigenvalue weighted by Crippen LogP contribution is 2.03. The fourth-order valence-corrected chi connectivity index (χ4v) is 2.17. The molecule has 0 bridgehead atoms. The molecule has 0 aromatic carbocycles. The van der Waals surface area contributed by atoms with Crippen molar-refractivity contribution in [2.24, 2.45) is 0 Å². The first-order chi connectivity index (χ1) is 6.50. The van der Waals surface area contributed by atoms with E-state index in [-0.39, 0.29) is 5.25 Å². The van der Waals surface area contributed by atoms with Gasteiger partial charge in [0, 0.05) is 0 Å². The van der Waals surface area contributed by atoms with Gasteiger partial charge in [0.05, 0.1) is 11.0 Å². The van der Waals surface area contributed by atoms with Crippen LogP contribution in [0.2, 0.25) is 0 Å². The average Bonchev–Trinajstić information content (AvgIpc) is 2.10. The van der Waals surface area contributed by atoms with Gasteiger partial charge in [0.1, 0.15) is 0 Å². The average molecular weight is 221 g/mol. The van der Waals surface area contributed by atoms with Crippen molar-refractivity contribution in [3.63, 3.8) is 0 Å². The maximum atomic E-state index is 11.4. The quantitative estimate of drug-likeness (QED) is 0.633. The van der Waals surface area contributed by atoms with Crippen LogP contribution in [-0.4, -0.2) is 32.5 Å². The Morgan fingerprint density at radius 1 is 1.14 bits per heavy atom. The standard InChI is InChI=1S/C10H23NO2S/c1-4-7-11-8-5-6-9-14(12,13)10(2)3/h10-11H,4-9H2,1-3H3. The Bertz CT molecular complexity index is 222. The number of sulfone groups is 1. The summed E-state index contributed by atoms with van der Waals surface area (Å²) in [5.74, 6) is 0.332. The lowest BCUT2D eigenvalue weighted by atomic mass is 10.3. The SMILES string of the molecule is CCCNCCCCS(=O)(=O)C(C)C. The fourth-order valence-electron chi connectivity index (χ4n) is 1.09. The summed E-state index contributed by atoms with van der Waals surface area (Å²) in [6.45, 7) is 7.56. The highest BCUT2D eigenvalue weighted by Gasteiger charge is 2.14.